The summed E-state index contributed by atoms with van der Waals surface area (Å²) in [5.74, 6) is 0.152. The molecule has 0 bridgehead atoms. The van der Waals surface area contributed by atoms with Crippen molar-refractivity contribution >= 4 is 28.2 Å². The van der Waals surface area contributed by atoms with Crippen LogP contribution in [0.25, 0.3) is 0 Å². The monoisotopic (exact) mass is 432 g/mol. The zero-order valence-electron chi connectivity index (χ0n) is 17.6. The molecule has 2 aromatic rings. The molecule has 160 valence electrons. The molecule has 0 atom stereocenters. The van der Waals surface area contributed by atoms with Gasteiger partial charge in [-0.2, -0.15) is 5.26 Å². The summed E-state index contributed by atoms with van der Waals surface area (Å²) in [5, 5.41) is 12.4. The van der Waals surface area contributed by atoms with Gasteiger partial charge >= 0.3 is 5.97 Å². The van der Waals surface area contributed by atoms with E-state index in [1.807, 2.05) is 26.8 Å². The molecule has 0 unspecified atom stereocenters. The fraction of sp³-hybridized carbons (Fsp3) is 0.381. The van der Waals surface area contributed by atoms with Crippen LogP contribution in [0.4, 0.5) is 5.00 Å². The lowest BCUT2D eigenvalue weighted by Gasteiger charge is -2.17. The molecular formula is C21H24N2O6S. The van der Waals surface area contributed by atoms with Gasteiger partial charge < -0.3 is 24.3 Å². The summed E-state index contributed by atoms with van der Waals surface area (Å²) in [6.07, 6.45) is 0. The van der Waals surface area contributed by atoms with Crippen molar-refractivity contribution in [1.82, 2.24) is 0 Å². The van der Waals surface area contributed by atoms with Crippen molar-refractivity contribution in [2.24, 2.45) is 0 Å². The number of anilines is 1. The van der Waals surface area contributed by atoms with E-state index in [1.54, 1.807) is 19.1 Å². The number of nitrogens with one attached hydrogen (secondary N) is 1. The van der Waals surface area contributed by atoms with Gasteiger partial charge in [-0.3, -0.25) is 4.79 Å². The van der Waals surface area contributed by atoms with Crippen LogP contribution in [0.5, 0.6) is 17.2 Å². The molecule has 1 amide bonds. The number of carbonyl (C=O) groups excluding carboxylic acids is 2. The van der Waals surface area contributed by atoms with E-state index >= 15 is 0 Å². The zero-order chi connectivity index (χ0) is 22.3. The third-order valence-electron chi connectivity index (χ3n) is 4.03. The number of hydrogen-bond donors (Lipinski definition) is 1. The van der Waals surface area contributed by atoms with E-state index < -0.39 is 11.9 Å². The molecule has 0 spiro atoms. The Labute approximate surface area is 179 Å². The summed E-state index contributed by atoms with van der Waals surface area (Å²) in [7, 11) is 1.26. The molecule has 9 heteroatoms. The first kappa shape index (κ1) is 23.0. The molecule has 0 fully saturated rings. The van der Waals surface area contributed by atoms with Crippen molar-refractivity contribution in [2.75, 3.05) is 32.2 Å². The molecule has 0 saturated carbocycles. The highest BCUT2D eigenvalue weighted by molar-refractivity contribution is 7.18. The molecular weight excluding hydrogens is 408 g/mol. The first-order chi connectivity index (χ1) is 14.4. The second-order valence-electron chi connectivity index (χ2n) is 5.92. The molecule has 0 saturated heterocycles. The number of carbonyl (C=O) groups is 2. The molecule has 0 aliphatic heterocycles. The number of benzene rings is 1. The van der Waals surface area contributed by atoms with E-state index in [-0.39, 0.29) is 21.0 Å². The van der Waals surface area contributed by atoms with E-state index in [1.165, 1.54) is 7.11 Å². The molecule has 1 aromatic carbocycles. The number of ether oxygens (including phenoxy) is 4. The topological polar surface area (TPSA) is 107 Å². The minimum atomic E-state index is -0.562. The van der Waals surface area contributed by atoms with Gasteiger partial charge in [-0.05, 0) is 45.4 Å². The van der Waals surface area contributed by atoms with Crippen LogP contribution >= 0.6 is 11.3 Å². The van der Waals surface area contributed by atoms with Crippen LogP contribution in [-0.2, 0) is 4.74 Å². The molecule has 1 heterocycles. The largest absolute Gasteiger partial charge is 0.490 e. The highest BCUT2D eigenvalue weighted by Gasteiger charge is 2.24. The average Bonchev–Trinajstić information content (AvgIpc) is 3.04. The molecule has 1 N–H and O–H groups in total. The number of rotatable bonds is 9. The number of nitriles is 1. The summed E-state index contributed by atoms with van der Waals surface area (Å²) < 4.78 is 21.7. The molecule has 2 rings (SSSR count). The van der Waals surface area contributed by atoms with Gasteiger partial charge in [0.2, 0.25) is 5.75 Å². The van der Waals surface area contributed by atoms with Crippen molar-refractivity contribution in [1.29, 1.82) is 5.26 Å². The molecule has 0 aliphatic rings. The van der Waals surface area contributed by atoms with E-state index in [0.717, 1.165) is 11.3 Å². The van der Waals surface area contributed by atoms with E-state index in [2.05, 4.69) is 5.32 Å². The Balaban J connectivity index is 2.46. The summed E-state index contributed by atoms with van der Waals surface area (Å²) in [6.45, 7) is 8.28. The van der Waals surface area contributed by atoms with Crippen LogP contribution in [0, 0.1) is 18.3 Å². The minimum Gasteiger partial charge on any atom is -0.490 e. The zero-order valence-corrected chi connectivity index (χ0v) is 18.4. The second kappa shape index (κ2) is 10.5. The van der Waals surface area contributed by atoms with Crippen LogP contribution in [0.1, 0.15) is 51.9 Å². The highest BCUT2D eigenvalue weighted by Crippen LogP contribution is 2.40. The predicted octanol–water partition coefficient (Wildman–Crippen LogP) is 4.16. The first-order valence-electron chi connectivity index (χ1n) is 9.41. The SMILES string of the molecule is CCOc1cc(C(=O)Nc2sc(C(=O)OC)c(C)c2C#N)cc(OCC)c1OCC. The Morgan fingerprint density at radius 3 is 2.10 bits per heavy atom. The highest BCUT2D eigenvalue weighted by atomic mass is 32.1. The molecule has 30 heavy (non-hydrogen) atoms. The van der Waals surface area contributed by atoms with Gasteiger partial charge in [0.15, 0.2) is 11.5 Å². The second-order valence-corrected chi connectivity index (χ2v) is 6.94. The van der Waals surface area contributed by atoms with E-state index in [4.69, 9.17) is 18.9 Å². The van der Waals surface area contributed by atoms with E-state index in [0.29, 0.717) is 42.6 Å². The maximum absolute atomic E-state index is 12.9. The van der Waals surface area contributed by atoms with Crippen molar-refractivity contribution < 1.29 is 28.5 Å². The molecule has 0 aliphatic carbocycles. The Morgan fingerprint density at radius 2 is 1.63 bits per heavy atom. The molecule has 1 aromatic heterocycles. The molecule has 0 radical (unpaired) electrons. The standard InChI is InChI=1S/C21H24N2O6S/c1-6-27-15-9-13(10-16(28-7-2)17(15)29-8-3)19(24)23-20-14(11-22)12(4)18(30-20)21(25)26-5/h9-10H,6-8H2,1-5H3,(H,23,24). The fourth-order valence-electron chi connectivity index (χ4n) is 2.72. The van der Waals surface area contributed by atoms with E-state index in [9.17, 15) is 14.9 Å². The maximum atomic E-state index is 12.9. The van der Waals surface area contributed by atoms with Gasteiger partial charge in [0.05, 0.1) is 32.5 Å². The summed E-state index contributed by atoms with van der Waals surface area (Å²) in [6, 6.07) is 5.14. The number of esters is 1. The maximum Gasteiger partial charge on any atom is 0.348 e. The van der Waals surface area contributed by atoms with Crippen LogP contribution < -0.4 is 19.5 Å². The Hall–Kier alpha value is -3.25. The van der Waals surface area contributed by atoms with Crippen LogP contribution in [-0.4, -0.2) is 38.8 Å². The Kier molecular flexibility index (Phi) is 8.07. The Morgan fingerprint density at radius 1 is 1.07 bits per heavy atom. The van der Waals surface area contributed by atoms with Gasteiger partial charge in [-0.15, -0.1) is 11.3 Å². The lowest BCUT2D eigenvalue weighted by Crippen LogP contribution is -2.13. The van der Waals surface area contributed by atoms with Crippen molar-refractivity contribution in [2.45, 2.75) is 27.7 Å². The third-order valence-corrected chi connectivity index (χ3v) is 5.22. The van der Waals surface area contributed by atoms with Crippen LogP contribution in [0.3, 0.4) is 0 Å². The first-order valence-corrected chi connectivity index (χ1v) is 10.2. The fourth-order valence-corrected chi connectivity index (χ4v) is 3.79. The number of amides is 1. The van der Waals surface area contributed by atoms with Gasteiger partial charge in [0.1, 0.15) is 15.9 Å². The van der Waals surface area contributed by atoms with Gasteiger partial charge in [-0.1, -0.05) is 0 Å². The quantitative estimate of drug-likeness (QED) is 0.593. The summed E-state index contributed by atoms with van der Waals surface area (Å²) >= 11 is 0.990. The smallest absolute Gasteiger partial charge is 0.348 e. The average molecular weight is 432 g/mol. The van der Waals surface area contributed by atoms with Crippen molar-refractivity contribution in [3.05, 3.63) is 33.7 Å². The minimum absolute atomic E-state index is 0.217. The predicted molar refractivity (Wildman–Crippen MR) is 113 cm³/mol. The molecule has 8 nitrogen and oxygen atoms in total. The van der Waals surface area contributed by atoms with Gasteiger partial charge in [0.25, 0.3) is 5.91 Å². The Bertz CT molecular complexity index is 950. The number of hydrogen-bond acceptors (Lipinski definition) is 8. The lowest BCUT2D eigenvalue weighted by molar-refractivity contribution is 0.0605. The number of nitrogens with zero attached hydrogens (tertiary/aromatic N) is 1. The van der Waals surface area contributed by atoms with Crippen LogP contribution in [0.2, 0.25) is 0 Å². The van der Waals surface area contributed by atoms with Crippen LogP contribution in [0.15, 0.2) is 12.1 Å². The normalized spacial score (nSPS) is 10.1. The van der Waals surface area contributed by atoms with Crippen molar-refractivity contribution in [3.8, 4) is 23.3 Å². The van der Waals surface area contributed by atoms with Gasteiger partial charge in [0, 0.05) is 5.56 Å². The van der Waals surface area contributed by atoms with Gasteiger partial charge in [-0.25, -0.2) is 4.79 Å². The summed E-state index contributed by atoms with van der Waals surface area (Å²) in [4.78, 5) is 25.1. The van der Waals surface area contributed by atoms with Crippen molar-refractivity contribution in [3.63, 3.8) is 0 Å². The third kappa shape index (κ3) is 4.83. The summed E-state index contributed by atoms with van der Waals surface area (Å²) in [5.41, 5.74) is 0.941. The lowest BCUT2D eigenvalue weighted by atomic mass is 10.1. The number of thiophene rings is 1. The number of methoxy groups -OCH3 is 1.